The number of alkyl halides is 2. The first-order valence-electron chi connectivity index (χ1n) is 4.20. The summed E-state index contributed by atoms with van der Waals surface area (Å²) in [4.78, 5) is 10.9. The topological polar surface area (TPSA) is 46.5 Å². The summed E-state index contributed by atoms with van der Waals surface area (Å²) in [5.74, 6) is -0.874. The Labute approximate surface area is 85.3 Å². The fourth-order valence-electron chi connectivity index (χ4n) is 1.11. The Bertz CT molecular complexity index is 352. The lowest BCUT2D eigenvalue weighted by molar-refractivity contribution is -0.150. The predicted molar refractivity (Wildman–Crippen MR) is 48.4 cm³/mol. The van der Waals surface area contributed by atoms with Gasteiger partial charge in [0, 0.05) is 5.56 Å². The molecule has 1 aromatic carbocycles. The van der Waals surface area contributed by atoms with Gasteiger partial charge in [-0.05, 0) is 11.6 Å². The molecule has 0 amide bonds. The summed E-state index contributed by atoms with van der Waals surface area (Å²) >= 11 is 0. The van der Waals surface area contributed by atoms with Gasteiger partial charge in [-0.2, -0.15) is 0 Å². The molecule has 0 radical (unpaired) electrons. The number of hydrogen-bond acceptors (Lipinski definition) is 3. The summed E-state index contributed by atoms with van der Waals surface area (Å²) in [5.41, 5.74) is -0.143. The number of ether oxygens (including phenoxy) is 1. The molecule has 0 saturated heterocycles. The van der Waals surface area contributed by atoms with E-state index in [0.29, 0.717) is 0 Å². The van der Waals surface area contributed by atoms with Crippen molar-refractivity contribution in [3.63, 3.8) is 0 Å². The quantitative estimate of drug-likeness (QED) is 0.784. The van der Waals surface area contributed by atoms with Gasteiger partial charge in [-0.3, -0.25) is 0 Å². The van der Waals surface area contributed by atoms with Crippen LogP contribution in [-0.4, -0.2) is 18.2 Å². The van der Waals surface area contributed by atoms with Crippen molar-refractivity contribution in [3.05, 3.63) is 35.4 Å². The average Bonchev–Trinajstić information content (AvgIpc) is 2.27. The van der Waals surface area contributed by atoms with Gasteiger partial charge in [0.25, 0.3) is 6.43 Å². The number of benzene rings is 1. The first-order chi connectivity index (χ1) is 7.06. The molecule has 0 aliphatic heterocycles. The highest BCUT2D eigenvalue weighted by Crippen LogP contribution is 2.22. The van der Waals surface area contributed by atoms with Gasteiger partial charge in [0.15, 0.2) is 6.10 Å². The number of esters is 1. The summed E-state index contributed by atoms with van der Waals surface area (Å²) < 4.78 is 28.9. The van der Waals surface area contributed by atoms with E-state index in [-0.39, 0.29) is 11.1 Å². The van der Waals surface area contributed by atoms with E-state index >= 15 is 0 Å². The van der Waals surface area contributed by atoms with Crippen LogP contribution >= 0.6 is 0 Å². The zero-order valence-corrected chi connectivity index (χ0v) is 7.98. The largest absolute Gasteiger partial charge is 0.467 e. The average molecular weight is 216 g/mol. The Morgan fingerprint density at radius 1 is 1.40 bits per heavy atom. The zero-order chi connectivity index (χ0) is 11.4. The van der Waals surface area contributed by atoms with Crippen molar-refractivity contribution >= 4 is 5.97 Å². The molecule has 0 fully saturated rings. The van der Waals surface area contributed by atoms with Crippen molar-refractivity contribution in [1.29, 1.82) is 0 Å². The van der Waals surface area contributed by atoms with Crippen LogP contribution in [0.3, 0.4) is 0 Å². The SMILES string of the molecule is COC(=O)C(O)c1cccc(C(F)F)c1. The summed E-state index contributed by atoms with van der Waals surface area (Å²) in [5, 5.41) is 9.38. The van der Waals surface area contributed by atoms with Gasteiger partial charge in [0.1, 0.15) is 0 Å². The maximum absolute atomic E-state index is 12.3. The molecule has 0 aliphatic rings. The molecule has 15 heavy (non-hydrogen) atoms. The fourth-order valence-corrected chi connectivity index (χ4v) is 1.11. The Balaban J connectivity index is 2.95. The molecule has 0 aromatic heterocycles. The first-order valence-corrected chi connectivity index (χ1v) is 4.20. The number of carbonyl (C=O) groups is 1. The lowest BCUT2D eigenvalue weighted by Crippen LogP contribution is -2.13. The Hall–Kier alpha value is -1.49. The number of rotatable bonds is 3. The molecular weight excluding hydrogens is 206 g/mol. The van der Waals surface area contributed by atoms with E-state index in [1.165, 1.54) is 18.2 Å². The maximum atomic E-state index is 12.3. The summed E-state index contributed by atoms with van der Waals surface area (Å²) in [6.07, 6.45) is -4.15. The minimum absolute atomic E-state index is 0.0969. The minimum Gasteiger partial charge on any atom is -0.467 e. The Morgan fingerprint density at radius 2 is 2.00 bits per heavy atom. The van der Waals surface area contributed by atoms with Crippen LogP contribution in [0.15, 0.2) is 24.3 Å². The van der Waals surface area contributed by atoms with Crippen molar-refractivity contribution in [1.82, 2.24) is 0 Å². The summed E-state index contributed by atoms with van der Waals surface area (Å²) in [6.45, 7) is 0. The van der Waals surface area contributed by atoms with E-state index in [4.69, 9.17) is 0 Å². The van der Waals surface area contributed by atoms with Crippen LogP contribution in [0.2, 0.25) is 0 Å². The maximum Gasteiger partial charge on any atom is 0.339 e. The van der Waals surface area contributed by atoms with Crippen LogP contribution in [0.1, 0.15) is 23.7 Å². The molecule has 0 spiro atoms. The van der Waals surface area contributed by atoms with Crippen LogP contribution in [0.25, 0.3) is 0 Å². The van der Waals surface area contributed by atoms with Gasteiger partial charge in [-0.15, -0.1) is 0 Å². The van der Waals surface area contributed by atoms with Gasteiger partial charge >= 0.3 is 5.97 Å². The molecule has 3 nitrogen and oxygen atoms in total. The number of aliphatic hydroxyl groups is 1. The molecule has 1 rings (SSSR count). The van der Waals surface area contributed by atoms with Crippen LogP contribution in [0.5, 0.6) is 0 Å². The molecule has 0 heterocycles. The summed E-state index contributed by atoms with van der Waals surface area (Å²) in [6, 6.07) is 5.03. The van der Waals surface area contributed by atoms with Crippen molar-refractivity contribution in [2.75, 3.05) is 7.11 Å². The van der Waals surface area contributed by atoms with E-state index < -0.39 is 18.5 Å². The van der Waals surface area contributed by atoms with Gasteiger partial charge in [0.2, 0.25) is 0 Å². The molecule has 1 atom stereocenters. The number of methoxy groups -OCH3 is 1. The summed E-state index contributed by atoms with van der Waals surface area (Å²) in [7, 11) is 1.11. The van der Waals surface area contributed by atoms with Gasteiger partial charge in [-0.25, -0.2) is 13.6 Å². The molecule has 0 bridgehead atoms. The Kier molecular flexibility index (Phi) is 3.74. The third-order valence-corrected chi connectivity index (χ3v) is 1.90. The first kappa shape index (κ1) is 11.6. The lowest BCUT2D eigenvalue weighted by atomic mass is 10.1. The zero-order valence-electron chi connectivity index (χ0n) is 7.98. The molecule has 1 N–H and O–H groups in total. The molecule has 1 aromatic rings. The lowest BCUT2D eigenvalue weighted by Gasteiger charge is -2.09. The van der Waals surface area contributed by atoms with Gasteiger partial charge < -0.3 is 9.84 Å². The van der Waals surface area contributed by atoms with Gasteiger partial charge in [0.05, 0.1) is 7.11 Å². The molecular formula is C10H10F2O3. The van der Waals surface area contributed by atoms with Crippen molar-refractivity contribution in [2.24, 2.45) is 0 Å². The molecule has 5 heteroatoms. The van der Waals surface area contributed by atoms with Crippen LogP contribution in [-0.2, 0) is 9.53 Å². The van der Waals surface area contributed by atoms with Crippen LogP contribution in [0, 0.1) is 0 Å². The van der Waals surface area contributed by atoms with Crippen LogP contribution < -0.4 is 0 Å². The third kappa shape index (κ3) is 2.73. The third-order valence-electron chi connectivity index (χ3n) is 1.90. The van der Waals surface area contributed by atoms with Crippen molar-refractivity contribution < 1.29 is 23.4 Å². The molecule has 82 valence electrons. The minimum atomic E-state index is -2.63. The molecule has 1 unspecified atom stereocenters. The van der Waals surface area contributed by atoms with Gasteiger partial charge in [-0.1, -0.05) is 18.2 Å². The van der Waals surface area contributed by atoms with Crippen molar-refractivity contribution in [2.45, 2.75) is 12.5 Å². The number of hydrogen-bond donors (Lipinski definition) is 1. The normalized spacial score (nSPS) is 12.6. The second-order valence-electron chi connectivity index (χ2n) is 2.90. The molecule has 0 saturated carbocycles. The Morgan fingerprint density at radius 3 is 2.53 bits per heavy atom. The van der Waals surface area contributed by atoms with E-state index in [1.807, 2.05) is 0 Å². The fraction of sp³-hybridized carbons (Fsp3) is 0.300. The van der Waals surface area contributed by atoms with Crippen molar-refractivity contribution in [3.8, 4) is 0 Å². The number of carbonyl (C=O) groups excluding carboxylic acids is 1. The highest BCUT2D eigenvalue weighted by Gasteiger charge is 2.19. The predicted octanol–water partition coefficient (Wildman–Crippen LogP) is 1.83. The second-order valence-corrected chi connectivity index (χ2v) is 2.90. The second kappa shape index (κ2) is 4.84. The smallest absolute Gasteiger partial charge is 0.339 e. The van der Waals surface area contributed by atoms with E-state index in [0.717, 1.165) is 13.2 Å². The highest BCUT2D eigenvalue weighted by atomic mass is 19.3. The standard InChI is InChI=1S/C10H10F2O3/c1-15-10(14)8(13)6-3-2-4-7(5-6)9(11)12/h2-5,8-9,13H,1H3. The monoisotopic (exact) mass is 216 g/mol. The van der Waals surface area contributed by atoms with E-state index in [9.17, 15) is 18.7 Å². The number of halogens is 2. The molecule has 0 aliphatic carbocycles. The highest BCUT2D eigenvalue weighted by molar-refractivity contribution is 5.76. The van der Waals surface area contributed by atoms with E-state index in [1.54, 1.807) is 0 Å². The van der Waals surface area contributed by atoms with Crippen LogP contribution in [0.4, 0.5) is 8.78 Å². The number of aliphatic hydroxyl groups excluding tert-OH is 1. The van der Waals surface area contributed by atoms with E-state index in [2.05, 4.69) is 4.74 Å².